The molecule has 0 amide bonds. The molecule has 4 rings (SSSR count). The van der Waals surface area contributed by atoms with Gasteiger partial charge in [-0.3, -0.25) is 4.79 Å². The highest BCUT2D eigenvalue weighted by molar-refractivity contribution is 7.10. The van der Waals surface area contributed by atoms with Crippen LogP contribution in [0.25, 0.3) is 0 Å². The number of nitrogens with zero attached hydrogens (tertiary/aromatic N) is 1. The van der Waals surface area contributed by atoms with E-state index in [9.17, 15) is 9.59 Å². The van der Waals surface area contributed by atoms with E-state index in [1.807, 2.05) is 25.3 Å². The normalized spacial score (nSPS) is 18.9. The summed E-state index contributed by atoms with van der Waals surface area (Å²) in [5.41, 5.74) is 4.37. The standard InChI is InChI=1S/C22H27NO4S/c1-14-10-18(15(2)23(14)11-16-6-5-9-26-16)20(24)12-27-22(25)19-13-28-21-8-4-3-7-17(19)21/h10,13,16H,3-9,11-12H2,1-2H3. The lowest BCUT2D eigenvalue weighted by molar-refractivity contribution is 0.0473. The summed E-state index contributed by atoms with van der Waals surface area (Å²) in [6.07, 6.45) is 6.64. The average Bonchev–Trinajstić information content (AvgIpc) is 3.42. The molecule has 0 spiro atoms. The van der Waals surface area contributed by atoms with Crippen LogP contribution < -0.4 is 0 Å². The molecule has 3 heterocycles. The third-order valence-corrected chi connectivity index (χ3v) is 6.99. The molecule has 150 valence electrons. The number of ketones is 1. The highest BCUT2D eigenvalue weighted by atomic mass is 32.1. The molecule has 0 saturated carbocycles. The summed E-state index contributed by atoms with van der Waals surface area (Å²) in [5.74, 6) is -0.523. The van der Waals surface area contributed by atoms with Crippen LogP contribution in [-0.2, 0) is 28.9 Å². The maximum Gasteiger partial charge on any atom is 0.339 e. The maximum atomic E-state index is 12.7. The van der Waals surface area contributed by atoms with E-state index in [4.69, 9.17) is 9.47 Å². The second-order valence-electron chi connectivity index (χ2n) is 7.79. The van der Waals surface area contributed by atoms with Crippen LogP contribution in [0.1, 0.15) is 68.2 Å². The number of hydrogen-bond donors (Lipinski definition) is 0. The molecular weight excluding hydrogens is 374 g/mol. The van der Waals surface area contributed by atoms with Gasteiger partial charge in [-0.2, -0.15) is 0 Å². The van der Waals surface area contributed by atoms with Crippen molar-refractivity contribution in [2.75, 3.05) is 13.2 Å². The Morgan fingerprint density at radius 2 is 2.04 bits per heavy atom. The molecule has 2 aromatic heterocycles. The van der Waals surface area contributed by atoms with Crippen LogP contribution in [0.3, 0.4) is 0 Å². The summed E-state index contributed by atoms with van der Waals surface area (Å²) in [6.45, 7) is 5.33. The van der Waals surface area contributed by atoms with Crippen molar-refractivity contribution >= 4 is 23.1 Å². The Labute approximate surface area is 169 Å². The molecule has 0 N–H and O–H groups in total. The van der Waals surface area contributed by atoms with E-state index < -0.39 is 0 Å². The fourth-order valence-electron chi connectivity index (χ4n) is 4.31. The molecule has 1 aliphatic heterocycles. The molecule has 1 fully saturated rings. The van der Waals surface area contributed by atoms with Gasteiger partial charge in [-0.25, -0.2) is 4.79 Å². The van der Waals surface area contributed by atoms with Crippen LogP contribution >= 0.6 is 11.3 Å². The van der Waals surface area contributed by atoms with Crippen LogP contribution in [0.5, 0.6) is 0 Å². The lowest BCUT2D eigenvalue weighted by atomic mass is 9.96. The average molecular weight is 402 g/mol. The lowest BCUT2D eigenvalue weighted by Gasteiger charge is -2.15. The van der Waals surface area contributed by atoms with Gasteiger partial charge >= 0.3 is 5.97 Å². The number of carbonyl (C=O) groups is 2. The van der Waals surface area contributed by atoms with E-state index in [0.29, 0.717) is 11.1 Å². The smallest absolute Gasteiger partial charge is 0.339 e. The molecule has 0 bridgehead atoms. The second kappa shape index (κ2) is 8.21. The molecular formula is C22H27NO4S. The summed E-state index contributed by atoms with van der Waals surface area (Å²) in [4.78, 5) is 26.5. The van der Waals surface area contributed by atoms with Gasteiger partial charge in [-0.1, -0.05) is 0 Å². The van der Waals surface area contributed by atoms with Crippen molar-refractivity contribution in [3.05, 3.63) is 44.4 Å². The molecule has 5 nitrogen and oxygen atoms in total. The first-order valence-electron chi connectivity index (χ1n) is 10.1. The lowest BCUT2D eigenvalue weighted by Crippen LogP contribution is -2.18. The van der Waals surface area contributed by atoms with Gasteiger partial charge in [0.05, 0.1) is 11.7 Å². The molecule has 0 radical (unpaired) electrons. The molecule has 28 heavy (non-hydrogen) atoms. The Kier molecular flexibility index (Phi) is 5.69. The Balaban J connectivity index is 1.41. The minimum Gasteiger partial charge on any atom is -0.454 e. The van der Waals surface area contributed by atoms with E-state index >= 15 is 0 Å². The Bertz CT molecular complexity index is 889. The SMILES string of the molecule is Cc1cc(C(=O)COC(=O)c2csc3c2CCCC3)c(C)n1CC1CCCO1. The molecule has 1 atom stereocenters. The molecule has 6 heteroatoms. The van der Waals surface area contributed by atoms with Crippen LogP contribution in [0.4, 0.5) is 0 Å². The monoisotopic (exact) mass is 401 g/mol. The van der Waals surface area contributed by atoms with Crippen molar-refractivity contribution < 1.29 is 19.1 Å². The number of Topliss-reactive ketones (excluding diaryl/α,β-unsaturated/α-hetero) is 1. The molecule has 0 aromatic carbocycles. The van der Waals surface area contributed by atoms with Crippen molar-refractivity contribution in [2.24, 2.45) is 0 Å². The fourth-order valence-corrected chi connectivity index (χ4v) is 5.42. The number of carbonyl (C=O) groups excluding carboxylic acids is 2. The summed E-state index contributed by atoms with van der Waals surface area (Å²) in [7, 11) is 0. The fraction of sp³-hybridized carbons (Fsp3) is 0.545. The minimum absolute atomic E-state index is 0.149. The van der Waals surface area contributed by atoms with Gasteiger partial charge in [-0.15, -0.1) is 11.3 Å². The van der Waals surface area contributed by atoms with Gasteiger partial charge in [-0.05, 0) is 64.0 Å². The zero-order valence-corrected chi connectivity index (χ0v) is 17.4. The number of aryl methyl sites for hydroxylation is 2. The zero-order chi connectivity index (χ0) is 19.7. The summed E-state index contributed by atoms with van der Waals surface area (Å²) < 4.78 is 13.3. The molecule has 2 aliphatic rings. The highest BCUT2D eigenvalue weighted by Crippen LogP contribution is 2.30. The number of thiophene rings is 1. The number of rotatable bonds is 6. The van der Waals surface area contributed by atoms with E-state index in [0.717, 1.165) is 62.2 Å². The van der Waals surface area contributed by atoms with E-state index in [-0.39, 0.29) is 24.5 Å². The van der Waals surface area contributed by atoms with Crippen molar-refractivity contribution in [2.45, 2.75) is 65.0 Å². The van der Waals surface area contributed by atoms with E-state index in [1.54, 1.807) is 11.3 Å². The zero-order valence-electron chi connectivity index (χ0n) is 16.6. The van der Waals surface area contributed by atoms with Gasteiger partial charge in [0, 0.05) is 40.4 Å². The number of aromatic nitrogens is 1. The number of ether oxygens (including phenoxy) is 2. The quantitative estimate of drug-likeness (QED) is 0.536. The highest BCUT2D eigenvalue weighted by Gasteiger charge is 2.24. The maximum absolute atomic E-state index is 12.7. The van der Waals surface area contributed by atoms with Crippen molar-refractivity contribution in [1.82, 2.24) is 4.57 Å². The third kappa shape index (κ3) is 3.80. The molecule has 1 aliphatic carbocycles. The van der Waals surface area contributed by atoms with Crippen molar-refractivity contribution in [3.8, 4) is 0 Å². The van der Waals surface area contributed by atoms with Crippen molar-refractivity contribution in [3.63, 3.8) is 0 Å². The Hall–Kier alpha value is -1.92. The Morgan fingerprint density at radius 1 is 1.21 bits per heavy atom. The number of esters is 1. The summed E-state index contributed by atoms with van der Waals surface area (Å²) in [6, 6.07) is 1.90. The predicted octanol–water partition coefficient (Wildman–Crippen LogP) is 4.26. The minimum atomic E-state index is -0.374. The van der Waals surface area contributed by atoms with Gasteiger partial charge < -0.3 is 14.0 Å². The number of fused-ring (bicyclic) bond motifs is 1. The number of hydrogen-bond acceptors (Lipinski definition) is 5. The second-order valence-corrected chi connectivity index (χ2v) is 8.75. The molecule has 1 unspecified atom stereocenters. The van der Waals surface area contributed by atoms with E-state index in [1.165, 1.54) is 11.3 Å². The topological polar surface area (TPSA) is 57.5 Å². The van der Waals surface area contributed by atoms with Gasteiger partial charge in [0.2, 0.25) is 5.78 Å². The third-order valence-electron chi connectivity index (χ3n) is 5.90. The summed E-state index contributed by atoms with van der Waals surface area (Å²) >= 11 is 1.63. The first kappa shape index (κ1) is 19.4. The summed E-state index contributed by atoms with van der Waals surface area (Å²) in [5, 5.41) is 1.89. The predicted molar refractivity (Wildman–Crippen MR) is 108 cm³/mol. The largest absolute Gasteiger partial charge is 0.454 e. The Morgan fingerprint density at radius 3 is 2.82 bits per heavy atom. The van der Waals surface area contributed by atoms with Crippen LogP contribution in [0.2, 0.25) is 0 Å². The first-order chi connectivity index (χ1) is 13.5. The first-order valence-corrected chi connectivity index (χ1v) is 11.0. The van der Waals surface area contributed by atoms with Gasteiger partial charge in [0.1, 0.15) is 0 Å². The van der Waals surface area contributed by atoms with Crippen LogP contribution in [-0.4, -0.2) is 35.6 Å². The van der Waals surface area contributed by atoms with E-state index in [2.05, 4.69) is 4.57 Å². The molecule has 2 aromatic rings. The van der Waals surface area contributed by atoms with Crippen LogP contribution in [0, 0.1) is 13.8 Å². The van der Waals surface area contributed by atoms with Gasteiger partial charge in [0.15, 0.2) is 6.61 Å². The van der Waals surface area contributed by atoms with Crippen molar-refractivity contribution in [1.29, 1.82) is 0 Å². The van der Waals surface area contributed by atoms with Crippen LogP contribution in [0.15, 0.2) is 11.4 Å². The molecule has 1 saturated heterocycles. The van der Waals surface area contributed by atoms with Gasteiger partial charge in [0.25, 0.3) is 0 Å².